The Kier molecular flexibility index (Phi) is 3.28. The Bertz CT molecular complexity index is 528. The highest BCUT2D eigenvalue weighted by molar-refractivity contribution is 5.70. The van der Waals surface area contributed by atoms with Crippen LogP contribution in [-0.2, 0) is 22.5 Å². The largest absolute Gasteiger partial charge is 0.481 e. The summed E-state index contributed by atoms with van der Waals surface area (Å²) in [6, 6.07) is 0. The summed E-state index contributed by atoms with van der Waals surface area (Å²) >= 11 is 0. The quantitative estimate of drug-likeness (QED) is 0.886. The number of carbonyl (C=O) groups is 1. The first-order valence-corrected chi connectivity index (χ1v) is 7.29. The third-order valence-electron chi connectivity index (χ3n) is 4.86. The summed E-state index contributed by atoms with van der Waals surface area (Å²) in [5.74, 6) is 1.31. The van der Waals surface area contributed by atoms with Crippen molar-refractivity contribution in [3.05, 3.63) is 11.6 Å². The van der Waals surface area contributed by atoms with Gasteiger partial charge in [0.15, 0.2) is 0 Å². The number of carboxylic acids is 1. The molecule has 1 fully saturated rings. The van der Waals surface area contributed by atoms with Gasteiger partial charge in [0.25, 0.3) is 0 Å². The van der Waals surface area contributed by atoms with Crippen LogP contribution in [0, 0.1) is 11.8 Å². The lowest BCUT2D eigenvalue weighted by Crippen LogP contribution is -2.29. The van der Waals surface area contributed by atoms with Gasteiger partial charge in [0, 0.05) is 13.0 Å². The number of fused-ring (bicyclic) bond motifs is 1. The molecule has 2 aliphatic rings. The molecule has 6 heteroatoms. The van der Waals surface area contributed by atoms with E-state index in [1.807, 2.05) is 4.57 Å². The van der Waals surface area contributed by atoms with Crippen molar-refractivity contribution in [1.29, 1.82) is 0 Å². The predicted molar refractivity (Wildman–Crippen MR) is 71.4 cm³/mol. The number of rotatable bonds is 2. The molecule has 5 atom stereocenters. The van der Waals surface area contributed by atoms with Crippen molar-refractivity contribution in [3.8, 4) is 0 Å². The predicted octanol–water partition coefficient (Wildman–Crippen LogP) is 1.45. The molecule has 0 aliphatic carbocycles. The zero-order chi connectivity index (χ0) is 14.4. The number of aryl methyl sites for hydroxylation is 1. The monoisotopic (exact) mass is 279 g/mol. The Labute approximate surface area is 118 Å². The second-order valence-corrected chi connectivity index (χ2v) is 6.09. The van der Waals surface area contributed by atoms with E-state index in [1.165, 1.54) is 0 Å². The summed E-state index contributed by atoms with van der Waals surface area (Å²) < 4.78 is 7.89. The molecule has 1 aromatic rings. The molecule has 110 valence electrons. The van der Waals surface area contributed by atoms with Crippen LogP contribution in [0.1, 0.15) is 44.8 Å². The van der Waals surface area contributed by atoms with E-state index in [1.54, 1.807) is 0 Å². The van der Waals surface area contributed by atoms with E-state index in [-0.39, 0.29) is 24.0 Å². The molecular weight excluding hydrogens is 258 g/mol. The summed E-state index contributed by atoms with van der Waals surface area (Å²) in [5.41, 5.74) is 0. The molecule has 1 N–H and O–H groups in total. The fourth-order valence-electron chi connectivity index (χ4n) is 3.51. The number of hydrogen-bond donors (Lipinski definition) is 1. The average molecular weight is 279 g/mol. The Morgan fingerprint density at radius 1 is 1.30 bits per heavy atom. The molecule has 20 heavy (non-hydrogen) atoms. The lowest BCUT2D eigenvalue weighted by molar-refractivity contribution is -0.142. The zero-order valence-electron chi connectivity index (χ0n) is 12.1. The summed E-state index contributed by atoms with van der Waals surface area (Å²) in [7, 11) is 0. The van der Waals surface area contributed by atoms with Crippen molar-refractivity contribution in [2.45, 2.75) is 58.3 Å². The minimum absolute atomic E-state index is 0.0958. The Morgan fingerprint density at radius 3 is 2.65 bits per heavy atom. The molecule has 0 aromatic carbocycles. The maximum Gasteiger partial charge on any atom is 0.308 e. The van der Waals surface area contributed by atoms with Gasteiger partial charge >= 0.3 is 5.97 Å². The summed E-state index contributed by atoms with van der Waals surface area (Å²) in [5, 5.41) is 17.8. The van der Waals surface area contributed by atoms with Crippen molar-refractivity contribution in [3.63, 3.8) is 0 Å². The minimum Gasteiger partial charge on any atom is -0.481 e. The van der Waals surface area contributed by atoms with Gasteiger partial charge in [-0.15, -0.1) is 10.2 Å². The third kappa shape index (κ3) is 2.02. The maximum absolute atomic E-state index is 11.2. The summed E-state index contributed by atoms with van der Waals surface area (Å²) in [6.45, 7) is 6.79. The zero-order valence-corrected chi connectivity index (χ0v) is 12.1. The lowest BCUT2D eigenvalue weighted by atomic mass is 9.88. The van der Waals surface area contributed by atoms with Gasteiger partial charge in [-0.3, -0.25) is 4.79 Å². The molecule has 1 saturated heterocycles. The van der Waals surface area contributed by atoms with Crippen molar-refractivity contribution >= 4 is 5.97 Å². The van der Waals surface area contributed by atoms with E-state index < -0.39 is 5.97 Å². The van der Waals surface area contributed by atoms with Gasteiger partial charge in [-0.25, -0.2) is 0 Å². The van der Waals surface area contributed by atoms with E-state index in [4.69, 9.17) is 4.74 Å². The van der Waals surface area contributed by atoms with Crippen LogP contribution < -0.4 is 0 Å². The molecule has 0 bridgehead atoms. The third-order valence-corrected chi connectivity index (χ3v) is 4.86. The SMILES string of the molecule is CC1OC(C)C(c2nnc3n2CC(C(=O)O)CC3)C1C. The first-order valence-electron chi connectivity index (χ1n) is 7.29. The lowest BCUT2D eigenvalue weighted by Gasteiger charge is -2.24. The number of hydrogen-bond acceptors (Lipinski definition) is 4. The summed E-state index contributed by atoms with van der Waals surface area (Å²) in [4.78, 5) is 11.2. The van der Waals surface area contributed by atoms with Crippen LogP contribution in [0.15, 0.2) is 0 Å². The minimum atomic E-state index is -0.729. The van der Waals surface area contributed by atoms with Crippen LogP contribution in [0.4, 0.5) is 0 Å². The van der Waals surface area contributed by atoms with Gasteiger partial charge in [0.05, 0.1) is 24.0 Å². The van der Waals surface area contributed by atoms with Crippen LogP contribution in [0.3, 0.4) is 0 Å². The van der Waals surface area contributed by atoms with Gasteiger partial charge in [0.1, 0.15) is 11.6 Å². The second kappa shape index (κ2) is 4.84. The van der Waals surface area contributed by atoms with Crippen molar-refractivity contribution in [2.24, 2.45) is 11.8 Å². The van der Waals surface area contributed by atoms with Gasteiger partial charge in [-0.2, -0.15) is 0 Å². The molecule has 0 radical (unpaired) electrons. The first-order chi connectivity index (χ1) is 9.49. The number of nitrogens with zero attached hydrogens (tertiary/aromatic N) is 3. The second-order valence-electron chi connectivity index (χ2n) is 6.09. The van der Waals surface area contributed by atoms with Crippen LogP contribution >= 0.6 is 0 Å². The summed E-state index contributed by atoms with van der Waals surface area (Å²) in [6.07, 6.45) is 1.63. The van der Waals surface area contributed by atoms with Crippen LogP contribution in [0.5, 0.6) is 0 Å². The normalized spacial score (nSPS) is 36.9. The van der Waals surface area contributed by atoms with E-state index in [0.29, 0.717) is 25.3 Å². The van der Waals surface area contributed by atoms with Gasteiger partial charge < -0.3 is 14.4 Å². The number of carboxylic acid groups (broad SMARTS) is 1. The highest BCUT2D eigenvalue weighted by Crippen LogP contribution is 2.40. The topological polar surface area (TPSA) is 77.2 Å². The molecule has 1 aromatic heterocycles. The highest BCUT2D eigenvalue weighted by atomic mass is 16.5. The Morgan fingerprint density at radius 2 is 2.05 bits per heavy atom. The Hall–Kier alpha value is -1.43. The molecule has 2 aliphatic heterocycles. The van der Waals surface area contributed by atoms with Crippen LogP contribution in [0.25, 0.3) is 0 Å². The molecule has 0 amide bonds. The maximum atomic E-state index is 11.2. The van der Waals surface area contributed by atoms with Gasteiger partial charge in [-0.05, 0) is 26.2 Å². The molecule has 3 rings (SSSR count). The molecular formula is C14H21N3O3. The van der Waals surface area contributed by atoms with Crippen LogP contribution in [-0.4, -0.2) is 38.0 Å². The number of ether oxygens (including phenoxy) is 1. The first kappa shape index (κ1) is 13.5. The van der Waals surface area contributed by atoms with Gasteiger partial charge in [-0.1, -0.05) is 6.92 Å². The van der Waals surface area contributed by atoms with E-state index >= 15 is 0 Å². The Balaban J connectivity index is 1.93. The van der Waals surface area contributed by atoms with E-state index in [9.17, 15) is 9.90 Å². The highest BCUT2D eigenvalue weighted by Gasteiger charge is 2.42. The molecule has 3 heterocycles. The fraction of sp³-hybridized carbons (Fsp3) is 0.786. The van der Waals surface area contributed by atoms with Crippen LogP contribution in [0.2, 0.25) is 0 Å². The molecule has 6 nitrogen and oxygen atoms in total. The fourth-order valence-corrected chi connectivity index (χ4v) is 3.51. The van der Waals surface area contributed by atoms with Crippen molar-refractivity contribution in [1.82, 2.24) is 14.8 Å². The molecule has 0 spiro atoms. The molecule has 5 unspecified atom stereocenters. The van der Waals surface area contributed by atoms with E-state index in [0.717, 1.165) is 11.6 Å². The standard InChI is InChI=1S/C14H21N3O3/c1-7-8(2)20-9(3)12(7)13-16-15-11-5-4-10(14(18)19)6-17(11)13/h7-10,12H,4-6H2,1-3H3,(H,18,19). The van der Waals surface area contributed by atoms with Gasteiger partial charge in [0.2, 0.25) is 0 Å². The average Bonchev–Trinajstić information content (AvgIpc) is 2.91. The smallest absolute Gasteiger partial charge is 0.308 e. The number of aliphatic carboxylic acids is 1. The molecule has 0 saturated carbocycles. The van der Waals surface area contributed by atoms with Crippen molar-refractivity contribution in [2.75, 3.05) is 0 Å². The van der Waals surface area contributed by atoms with Crippen molar-refractivity contribution < 1.29 is 14.6 Å². The number of aromatic nitrogens is 3. The van der Waals surface area contributed by atoms with E-state index in [2.05, 4.69) is 31.0 Å².